The molecule has 72 valence electrons. The van der Waals surface area contributed by atoms with Crippen molar-refractivity contribution in [3.8, 4) is 0 Å². The molecule has 0 aliphatic rings. The van der Waals surface area contributed by atoms with Crippen molar-refractivity contribution >= 4 is 9.84 Å². The minimum absolute atomic E-state index is 0.173. The van der Waals surface area contributed by atoms with Gasteiger partial charge in [0.15, 0.2) is 9.84 Å². The van der Waals surface area contributed by atoms with E-state index >= 15 is 0 Å². The van der Waals surface area contributed by atoms with Gasteiger partial charge in [-0.05, 0) is 19.1 Å². The number of hydrogen-bond donors (Lipinski definition) is 1. The summed E-state index contributed by atoms with van der Waals surface area (Å²) in [5.41, 5.74) is 6.25. The van der Waals surface area contributed by atoms with Crippen LogP contribution in [0.15, 0.2) is 23.2 Å². The fraction of sp³-hybridized carbons (Fsp3) is 0.375. The summed E-state index contributed by atoms with van der Waals surface area (Å²) < 4.78 is 22.1. The fourth-order valence-corrected chi connectivity index (χ4v) is 1.44. The van der Waals surface area contributed by atoms with Crippen LogP contribution in [-0.2, 0) is 9.84 Å². The normalized spacial score (nSPS) is 14.1. The molecule has 13 heavy (non-hydrogen) atoms. The highest BCUT2D eigenvalue weighted by Gasteiger charge is 2.08. The predicted molar refractivity (Wildman–Crippen MR) is 49.9 cm³/mol. The molecule has 4 nitrogen and oxygen atoms in total. The van der Waals surface area contributed by atoms with Crippen molar-refractivity contribution in [3.63, 3.8) is 0 Å². The number of rotatable bonds is 2. The van der Waals surface area contributed by atoms with E-state index in [1.165, 1.54) is 12.3 Å². The summed E-state index contributed by atoms with van der Waals surface area (Å²) >= 11 is 0. The standard InChI is InChI=1S/C8H12N2O2S/c1-6(9)8-4-3-7(5-10-8)13(2,11)12/h3-6H,9H2,1-2H3/t6-/m0/s1. The Kier molecular flexibility index (Phi) is 2.68. The van der Waals surface area contributed by atoms with Gasteiger partial charge in [-0.2, -0.15) is 0 Å². The van der Waals surface area contributed by atoms with E-state index in [0.29, 0.717) is 5.69 Å². The molecule has 1 rings (SSSR count). The van der Waals surface area contributed by atoms with Gasteiger partial charge in [-0.25, -0.2) is 8.42 Å². The molecule has 5 heteroatoms. The first kappa shape index (κ1) is 10.1. The minimum Gasteiger partial charge on any atom is -0.323 e. The Morgan fingerprint density at radius 3 is 2.38 bits per heavy atom. The largest absolute Gasteiger partial charge is 0.323 e. The van der Waals surface area contributed by atoms with E-state index in [0.717, 1.165) is 6.26 Å². The third-order valence-corrected chi connectivity index (χ3v) is 2.75. The first-order valence-corrected chi connectivity index (χ1v) is 5.72. The molecular formula is C8H12N2O2S. The molecule has 0 radical (unpaired) electrons. The van der Waals surface area contributed by atoms with E-state index < -0.39 is 9.84 Å². The van der Waals surface area contributed by atoms with E-state index in [4.69, 9.17) is 5.73 Å². The summed E-state index contributed by atoms with van der Waals surface area (Å²) in [5.74, 6) is 0. The molecule has 1 aromatic rings. The molecule has 0 aromatic carbocycles. The van der Waals surface area contributed by atoms with E-state index in [-0.39, 0.29) is 10.9 Å². The van der Waals surface area contributed by atoms with Gasteiger partial charge in [-0.15, -0.1) is 0 Å². The third kappa shape index (κ3) is 2.50. The molecule has 0 unspecified atom stereocenters. The average molecular weight is 200 g/mol. The van der Waals surface area contributed by atoms with E-state index in [1.54, 1.807) is 13.0 Å². The molecule has 2 N–H and O–H groups in total. The first-order chi connectivity index (χ1) is 5.91. The zero-order valence-electron chi connectivity index (χ0n) is 7.56. The van der Waals surface area contributed by atoms with Crippen molar-refractivity contribution in [3.05, 3.63) is 24.0 Å². The number of nitrogens with two attached hydrogens (primary N) is 1. The Balaban J connectivity index is 3.08. The molecule has 1 heterocycles. The van der Waals surface area contributed by atoms with E-state index in [2.05, 4.69) is 4.98 Å². The van der Waals surface area contributed by atoms with E-state index in [1.807, 2.05) is 0 Å². The minimum atomic E-state index is -3.15. The molecule has 1 atom stereocenters. The maximum Gasteiger partial charge on any atom is 0.177 e. The second kappa shape index (κ2) is 3.43. The Labute approximate surface area is 77.7 Å². The molecule has 0 aliphatic heterocycles. The number of aromatic nitrogens is 1. The lowest BCUT2D eigenvalue weighted by atomic mass is 10.2. The number of pyridine rings is 1. The van der Waals surface area contributed by atoms with Crippen LogP contribution in [0, 0.1) is 0 Å². The summed E-state index contributed by atoms with van der Waals surface area (Å²) in [7, 11) is -3.15. The SMILES string of the molecule is C[C@H](N)c1ccc(S(C)(=O)=O)cn1. The molecule has 0 spiro atoms. The summed E-state index contributed by atoms with van der Waals surface area (Å²) in [4.78, 5) is 4.16. The van der Waals surface area contributed by atoms with Crippen LogP contribution in [0.1, 0.15) is 18.7 Å². The molecule has 0 saturated carbocycles. The quantitative estimate of drug-likeness (QED) is 0.754. The van der Waals surface area contributed by atoms with Gasteiger partial charge in [-0.1, -0.05) is 0 Å². The van der Waals surface area contributed by atoms with Crippen LogP contribution in [-0.4, -0.2) is 19.7 Å². The van der Waals surface area contributed by atoms with Crippen LogP contribution in [0.5, 0.6) is 0 Å². The molecule has 0 fully saturated rings. The second-order valence-corrected chi connectivity index (χ2v) is 5.00. The highest BCUT2D eigenvalue weighted by atomic mass is 32.2. The van der Waals surface area contributed by atoms with Crippen molar-refractivity contribution in [2.75, 3.05) is 6.26 Å². The van der Waals surface area contributed by atoms with Gasteiger partial charge in [0.2, 0.25) is 0 Å². The van der Waals surface area contributed by atoms with Crippen molar-refractivity contribution in [1.29, 1.82) is 0 Å². The third-order valence-electron chi connectivity index (χ3n) is 1.65. The lowest BCUT2D eigenvalue weighted by Crippen LogP contribution is -2.08. The van der Waals surface area contributed by atoms with E-state index in [9.17, 15) is 8.42 Å². The van der Waals surface area contributed by atoms with Crippen molar-refractivity contribution in [2.45, 2.75) is 17.9 Å². The van der Waals surface area contributed by atoms with Crippen LogP contribution < -0.4 is 5.73 Å². The summed E-state index contributed by atoms with van der Waals surface area (Å²) in [6.45, 7) is 1.79. The molecule has 1 aromatic heterocycles. The monoisotopic (exact) mass is 200 g/mol. The Morgan fingerprint density at radius 2 is 2.08 bits per heavy atom. The maximum atomic E-state index is 11.0. The van der Waals surface area contributed by atoms with Crippen molar-refractivity contribution in [2.24, 2.45) is 5.73 Å². The van der Waals surface area contributed by atoms with Gasteiger partial charge in [0.05, 0.1) is 10.6 Å². The van der Waals surface area contributed by atoms with Gasteiger partial charge < -0.3 is 5.73 Å². The Bertz CT molecular complexity index is 381. The average Bonchev–Trinajstić information content (AvgIpc) is 2.03. The van der Waals surface area contributed by atoms with Gasteiger partial charge in [0.25, 0.3) is 0 Å². The maximum absolute atomic E-state index is 11.0. The highest BCUT2D eigenvalue weighted by Crippen LogP contribution is 2.10. The number of hydrogen-bond acceptors (Lipinski definition) is 4. The summed E-state index contributed by atoms with van der Waals surface area (Å²) in [6, 6.07) is 2.97. The van der Waals surface area contributed by atoms with Crippen LogP contribution in [0.4, 0.5) is 0 Å². The second-order valence-electron chi connectivity index (χ2n) is 2.98. The highest BCUT2D eigenvalue weighted by molar-refractivity contribution is 7.90. The topological polar surface area (TPSA) is 73.1 Å². The summed E-state index contributed by atoms with van der Waals surface area (Å²) in [6.07, 6.45) is 2.48. The zero-order valence-corrected chi connectivity index (χ0v) is 8.38. The lowest BCUT2D eigenvalue weighted by molar-refractivity contribution is 0.601. The van der Waals surface area contributed by atoms with Gasteiger partial charge in [0, 0.05) is 18.5 Å². The zero-order chi connectivity index (χ0) is 10.1. The molecule has 0 aliphatic carbocycles. The van der Waals surface area contributed by atoms with Gasteiger partial charge >= 0.3 is 0 Å². The summed E-state index contributed by atoms with van der Waals surface area (Å²) in [5, 5.41) is 0. The van der Waals surface area contributed by atoms with Crippen LogP contribution >= 0.6 is 0 Å². The van der Waals surface area contributed by atoms with Crippen molar-refractivity contribution in [1.82, 2.24) is 4.98 Å². The van der Waals surface area contributed by atoms with Crippen LogP contribution in [0.25, 0.3) is 0 Å². The van der Waals surface area contributed by atoms with Crippen molar-refractivity contribution < 1.29 is 8.42 Å². The lowest BCUT2D eigenvalue weighted by Gasteiger charge is -2.04. The molecular weight excluding hydrogens is 188 g/mol. The fourth-order valence-electron chi connectivity index (χ4n) is 0.880. The first-order valence-electron chi connectivity index (χ1n) is 3.83. The number of sulfone groups is 1. The van der Waals surface area contributed by atoms with Crippen LogP contribution in [0.2, 0.25) is 0 Å². The molecule has 0 bridgehead atoms. The van der Waals surface area contributed by atoms with Crippen LogP contribution in [0.3, 0.4) is 0 Å². The van der Waals surface area contributed by atoms with Gasteiger partial charge in [0.1, 0.15) is 0 Å². The predicted octanol–water partition coefficient (Wildman–Crippen LogP) is 0.505. The Morgan fingerprint density at radius 1 is 1.46 bits per heavy atom. The number of nitrogens with zero attached hydrogens (tertiary/aromatic N) is 1. The van der Waals surface area contributed by atoms with Gasteiger partial charge in [-0.3, -0.25) is 4.98 Å². The Hall–Kier alpha value is -0.940. The smallest absolute Gasteiger partial charge is 0.177 e. The molecule has 0 amide bonds. The molecule has 0 saturated heterocycles.